The Morgan fingerprint density at radius 1 is 0.439 bits per heavy atom. The van der Waals surface area contributed by atoms with Crippen molar-refractivity contribution in [2.24, 2.45) is 0 Å². The van der Waals surface area contributed by atoms with E-state index in [0.717, 1.165) is 70.6 Å². The SMILES string of the molecule is CC/C=C/C/C=C/C/C=C/C/C=C/C/C=C/CCC(=O)NC(COP(=O)([O-])OCC[N+](C)(C)C)C(/C=C\CCCCCCCCCCCCC)OC(=O)CCCCCCCCCCCCCCCCCCCCCCCCCCCCC. The maximum absolute atomic E-state index is 13.5. The van der Waals surface area contributed by atoms with Gasteiger partial charge < -0.3 is 28.5 Å². The first kappa shape index (κ1) is 79.5. The summed E-state index contributed by atoms with van der Waals surface area (Å²) in [6.45, 7) is 6.71. The second kappa shape index (κ2) is 61.5. The monoisotopic (exact) mass is 1170 g/mol. The number of carbonyl (C=O) groups is 2. The Hall–Kier alpha value is -2.55. The lowest BCUT2D eigenvalue weighted by molar-refractivity contribution is -0.870. The topological polar surface area (TPSA) is 114 Å². The molecule has 0 aliphatic rings. The van der Waals surface area contributed by atoms with Gasteiger partial charge in [0, 0.05) is 12.8 Å². The van der Waals surface area contributed by atoms with E-state index in [2.05, 4.69) is 74.7 Å². The van der Waals surface area contributed by atoms with Crippen LogP contribution in [0.15, 0.2) is 72.9 Å². The molecular formula is C72H133N2O7P. The molecule has 1 amide bonds. The van der Waals surface area contributed by atoms with E-state index in [1.165, 1.54) is 212 Å². The fraction of sp³-hybridized carbons (Fsp3) is 0.806. The molecule has 0 aromatic heterocycles. The van der Waals surface area contributed by atoms with Crippen LogP contribution >= 0.6 is 7.82 Å². The van der Waals surface area contributed by atoms with Crippen molar-refractivity contribution in [2.45, 2.75) is 335 Å². The van der Waals surface area contributed by atoms with Crippen LogP contribution in [0.3, 0.4) is 0 Å². The molecule has 0 rings (SSSR count). The minimum atomic E-state index is -4.72. The minimum Gasteiger partial charge on any atom is -0.756 e. The number of phosphoric acid groups is 1. The average Bonchev–Trinajstić information content (AvgIpc) is 3.45. The minimum absolute atomic E-state index is 0.0362. The Balaban J connectivity index is 5.09. The third-order valence-electron chi connectivity index (χ3n) is 15.4. The van der Waals surface area contributed by atoms with Crippen molar-refractivity contribution >= 4 is 19.7 Å². The summed E-state index contributed by atoms with van der Waals surface area (Å²) in [5.41, 5.74) is 0. The fourth-order valence-corrected chi connectivity index (χ4v) is 10.8. The number of esters is 1. The maximum Gasteiger partial charge on any atom is 0.306 e. The van der Waals surface area contributed by atoms with Gasteiger partial charge in [-0.3, -0.25) is 14.2 Å². The number of phosphoric ester groups is 1. The van der Waals surface area contributed by atoms with Crippen LogP contribution in [-0.2, 0) is 27.9 Å². The molecule has 10 heteroatoms. The summed E-state index contributed by atoms with van der Waals surface area (Å²) < 4.78 is 30.3. The van der Waals surface area contributed by atoms with Crippen LogP contribution in [-0.4, -0.2) is 69.4 Å². The van der Waals surface area contributed by atoms with E-state index in [1.807, 2.05) is 45.4 Å². The van der Waals surface area contributed by atoms with Crippen molar-refractivity contribution in [3.63, 3.8) is 0 Å². The van der Waals surface area contributed by atoms with Crippen molar-refractivity contribution in [3.8, 4) is 0 Å². The largest absolute Gasteiger partial charge is 0.756 e. The summed E-state index contributed by atoms with van der Waals surface area (Å²) in [5, 5.41) is 2.99. The molecule has 0 aliphatic carbocycles. The number of hydrogen-bond acceptors (Lipinski definition) is 7. The third kappa shape index (κ3) is 62.0. The lowest BCUT2D eigenvalue weighted by Crippen LogP contribution is -2.47. The number of nitrogens with one attached hydrogen (secondary N) is 1. The standard InChI is InChI=1S/C72H133N2O7P/c1-7-10-13-16-19-22-25-28-30-32-33-34-35-36-37-38-39-40-41-42-44-47-50-53-56-59-62-65-72(76)81-70(63-60-57-54-51-48-45-27-24-21-18-15-12-9-3)69(68-80-82(77,78)79-67-66-74(4,5)6)73-71(75)64-61-58-55-52-49-46-43-31-29-26-23-20-17-14-11-8-2/h11,14,20,23,29,31,46,49,55,58,60,63,69-70H,7-10,12-13,15-19,21-22,24-28,30,32-45,47-48,50-54,56-57,59,61-62,64-68H2,1-6H3,(H-,73,75,77,78)/b14-11+,23-20+,31-29+,49-46+,58-55+,63-60-. The Morgan fingerprint density at radius 3 is 1.17 bits per heavy atom. The lowest BCUT2D eigenvalue weighted by Gasteiger charge is -2.30. The van der Waals surface area contributed by atoms with Gasteiger partial charge in [-0.15, -0.1) is 0 Å². The average molecular weight is 1170 g/mol. The van der Waals surface area contributed by atoms with Crippen LogP contribution in [0, 0.1) is 0 Å². The molecule has 1 N–H and O–H groups in total. The zero-order valence-electron chi connectivity index (χ0n) is 54.7. The molecule has 0 heterocycles. The number of quaternary nitrogens is 1. The van der Waals surface area contributed by atoms with Crippen LogP contribution in [0.25, 0.3) is 0 Å². The van der Waals surface area contributed by atoms with Gasteiger partial charge >= 0.3 is 5.97 Å². The summed E-state index contributed by atoms with van der Waals surface area (Å²) in [7, 11) is 1.14. The van der Waals surface area contributed by atoms with Gasteiger partial charge in [0.05, 0.1) is 33.8 Å². The first-order chi connectivity index (χ1) is 39.9. The normalized spacial score (nSPS) is 14.0. The van der Waals surface area contributed by atoms with Gasteiger partial charge in [-0.05, 0) is 63.9 Å². The Kier molecular flexibility index (Phi) is 59.6. The molecule has 3 atom stereocenters. The maximum atomic E-state index is 13.5. The van der Waals surface area contributed by atoms with E-state index in [0.29, 0.717) is 17.4 Å². The van der Waals surface area contributed by atoms with Crippen LogP contribution in [0.2, 0.25) is 0 Å². The van der Waals surface area contributed by atoms with Gasteiger partial charge in [-0.25, -0.2) is 0 Å². The predicted octanol–water partition coefficient (Wildman–Crippen LogP) is 21.3. The molecule has 0 bridgehead atoms. The van der Waals surface area contributed by atoms with Gasteiger partial charge in [-0.2, -0.15) is 0 Å². The van der Waals surface area contributed by atoms with E-state index in [1.54, 1.807) is 0 Å². The highest BCUT2D eigenvalue weighted by molar-refractivity contribution is 7.45. The van der Waals surface area contributed by atoms with E-state index in [9.17, 15) is 19.0 Å². The molecular weight excluding hydrogens is 1040 g/mol. The molecule has 9 nitrogen and oxygen atoms in total. The molecule has 0 spiro atoms. The van der Waals surface area contributed by atoms with Crippen LogP contribution < -0.4 is 10.2 Å². The lowest BCUT2D eigenvalue weighted by atomic mass is 10.0. The van der Waals surface area contributed by atoms with Gasteiger partial charge in [0.25, 0.3) is 7.82 Å². The molecule has 0 aromatic rings. The number of ether oxygens (including phenoxy) is 1. The number of amides is 1. The molecule has 3 unspecified atom stereocenters. The van der Waals surface area contributed by atoms with E-state index < -0.39 is 26.6 Å². The predicted molar refractivity (Wildman–Crippen MR) is 353 cm³/mol. The number of allylic oxidation sites excluding steroid dienone is 11. The van der Waals surface area contributed by atoms with Crippen molar-refractivity contribution in [1.29, 1.82) is 0 Å². The third-order valence-corrected chi connectivity index (χ3v) is 16.4. The summed E-state index contributed by atoms with van der Waals surface area (Å²) in [6.07, 6.45) is 80.6. The molecule has 0 radical (unpaired) electrons. The molecule has 0 aromatic carbocycles. The van der Waals surface area contributed by atoms with Crippen molar-refractivity contribution in [2.75, 3.05) is 40.9 Å². The van der Waals surface area contributed by atoms with Crippen LogP contribution in [0.4, 0.5) is 0 Å². The number of likely N-dealkylation sites (N-methyl/N-ethyl adjacent to an activating group) is 1. The zero-order valence-corrected chi connectivity index (χ0v) is 55.6. The Morgan fingerprint density at radius 2 is 0.793 bits per heavy atom. The smallest absolute Gasteiger partial charge is 0.306 e. The van der Waals surface area contributed by atoms with Crippen LogP contribution in [0.1, 0.15) is 323 Å². The molecule has 0 fully saturated rings. The highest BCUT2D eigenvalue weighted by atomic mass is 31.2. The molecule has 0 saturated carbocycles. The van der Waals surface area contributed by atoms with Gasteiger partial charge in [0.2, 0.25) is 5.91 Å². The second-order valence-corrected chi connectivity index (χ2v) is 26.1. The van der Waals surface area contributed by atoms with Gasteiger partial charge in [-0.1, -0.05) is 319 Å². The van der Waals surface area contributed by atoms with Crippen molar-refractivity contribution < 1.29 is 37.3 Å². The highest BCUT2D eigenvalue weighted by Crippen LogP contribution is 2.38. The summed E-state index contributed by atoms with van der Waals surface area (Å²) in [5.74, 6) is -0.627. The number of unbranched alkanes of at least 4 members (excludes halogenated alkanes) is 37. The number of rotatable bonds is 63. The fourth-order valence-electron chi connectivity index (χ4n) is 10.1. The molecule has 0 aliphatic heterocycles. The number of nitrogens with zero attached hydrogens (tertiary/aromatic N) is 1. The first-order valence-corrected chi connectivity index (χ1v) is 36.2. The Bertz CT molecular complexity index is 1630. The van der Waals surface area contributed by atoms with Crippen LogP contribution in [0.5, 0.6) is 0 Å². The summed E-state index contributed by atoms with van der Waals surface area (Å²) in [4.78, 5) is 40.1. The molecule has 82 heavy (non-hydrogen) atoms. The van der Waals surface area contributed by atoms with E-state index >= 15 is 0 Å². The van der Waals surface area contributed by atoms with E-state index in [4.69, 9.17) is 13.8 Å². The first-order valence-electron chi connectivity index (χ1n) is 34.7. The molecule has 0 saturated heterocycles. The van der Waals surface area contributed by atoms with Crippen molar-refractivity contribution in [3.05, 3.63) is 72.9 Å². The zero-order chi connectivity index (χ0) is 60.0. The Labute approximate surface area is 508 Å². The quantitative estimate of drug-likeness (QED) is 0.0212. The number of carbonyl (C=O) groups excluding carboxylic acids is 2. The molecule has 478 valence electrons. The highest BCUT2D eigenvalue weighted by Gasteiger charge is 2.27. The second-order valence-electron chi connectivity index (χ2n) is 24.7. The van der Waals surface area contributed by atoms with Crippen molar-refractivity contribution in [1.82, 2.24) is 5.32 Å². The number of hydrogen-bond donors (Lipinski definition) is 1. The summed E-state index contributed by atoms with van der Waals surface area (Å²) in [6, 6.07) is -0.929. The summed E-state index contributed by atoms with van der Waals surface area (Å²) >= 11 is 0. The van der Waals surface area contributed by atoms with E-state index in [-0.39, 0.29) is 31.3 Å². The van der Waals surface area contributed by atoms with Gasteiger partial charge in [0.15, 0.2) is 0 Å². The van der Waals surface area contributed by atoms with Gasteiger partial charge in [0.1, 0.15) is 19.3 Å².